The molecule has 4 aliphatic heterocycles. The summed E-state index contributed by atoms with van der Waals surface area (Å²) in [5, 5.41) is 12.7. The normalized spacial score (nSPS) is 19.7. The number of likely N-dealkylation sites (tertiary alicyclic amines) is 1. The monoisotopic (exact) mass is 896 g/mol. The number of nitrogens with one attached hydrogen (secondary N) is 4. The van der Waals surface area contributed by atoms with Crippen molar-refractivity contribution in [3.05, 3.63) is 83.5 Å². The number of carbonyl (C=O) groups is 3. The summed E-state index contributed by atoms with van der Waals surface area (Å²) in [6, 6.07) is 21.2. The van der Waals surface area contributed by atoms with E-state index >= 15 is 0 Å². The van der Waals surface area contributed by atoms with E-state index in [9.17, 15) is 18.9 Å². The molecule has 4 saturated heterocycles. The lowest BCUT2D eigenvalue weighted by Crippen LogP contribution is -2.53. The topological polar surface area (TPSA) is 164 Å². The number of carbonyl (C=O) groups excluding carboxylic acids is 3. The number of imide groups is 1. The van der Waals surface area contributed by atoms with E-state index in [2.05, 4.69) is 63.0 Å². The van der Waals surface area contributed by atoms with Crippen LogP contribution in [0, 0.1) is 5.92 Å². The molecule has 4 fully saturated rings. The Balaban J connectivity index is 0.773. The van der Waals surface area contributed by atoms with Crippen LogP contribution in [-0.4, -0.2) is 129 Å². The molecule has 1 atom stereocenters. The smallest absolute Gasteiger partial charge is 0.252 e. The lowest BCUT2D eigenvalue weighted by Gasteiger charge is -2.44. The first-order valence-electron chi connectivity index (χ1n) is 22.0. The maximum Gasteiger partial charge on any atom is 0.252 e. The number of hydrogen-bond donors (Lipinski definition) is 4. The largest absolute Gasteiger partial charge is 0.494 e. The molecule has 0 radical (unpaired) electrons. The Kier molecular flexibility index (Phi) is 13.9. The van der Waals surface area contributed by atoms with E-state index in [4.69, 9.17) is 16.3 Å². The predicted molar refractivity (Wildman–Crippen MR) is 250 cm³/mol. The van der Waals surface area contributed by atoms with E-state index in [1.54, 1.807) is 26.5 Å². The number of rotatable bonds is 13. The molecule has 17 heteroatoms. The van der Waals surface area contributed by atoms with Crippen LogP contribution in [-0.2, 0) is 14.2 Å². The van der Waals surface area contributed by atoms with E-state index in [0.717, 1.165) is 94.1 Å². The Morgan fingerprint density at radius 1 is 0.841 bits per heavy atom. The number of methoxy groups -OCH3 is 1. The van der Waals surface area contributed by atoms with Crippen LogP contribution < -0.4 is 41.1 Å². The second kappa shape index (κ2) is 19.7. The molecule has 1 unspecified atom stereocenters. The Morgan fingerprint density at radius 3 is 2.30 bits per heavy atom. The third kappa shape index (κ3) is 10.9. The van der Waals surface area contributed by atoms with Gasteiger partial charge < -0.3 is 40.0 Å². The van der Waals surface area contributed by atoms with Crippen LogP contribution in [0.25, 0.3) is 0 Å². The maximum atomic E-state index is 13.0. The molecule has 63 heavy (non-hydrogen) atoms. The number of nitrogens with zero attached hydrogens (tertiary/aromatic N) is 6. The number of piperidine rings is 3. The van der Waals surface area contributed by atoms with Crippen LogP contribution in [0.5, 0.6) is 5.75 Å². The number of piperazine rings is 1. The van der Waals surface area contributed by atoms with Gasteiger partial charge in [0.05, 0.1) is 24.7 Å². The van der Waals surface area contributed by atoms with Crippen molar-refractivity contribution < 1.29 is 23.7 Å². The molecular weight excluding hydrogens is 839 g/mol. The van der Waals surface area contributed by atoms with Gasteiger partial charge in [-0.25, -0.2) is 4.98 Å². The highest BCUT2D eigenvalue weighted by atomic mass is 35.5. The molecule has 334 valence electrons. The van der Waals surface area contributed by atoms with Gasteiger partial charge in [0, 0.05) is 86.6 Å². The highest BCUT2D eigenvalue weighted by Gasteiger charge is 2.31. The molecule has 1 aromatic heterocycles. The standard InChI is InChI=1S/C46H58ClN10O5P/c1-62-40-28-35(11-12-37(40)51-46-48-29-36(47)43(53-46)49-38-9-4-5-10-41(38)63(2,3)61)57-25-23-56(24-26-57)33-17-19-54(20-18-33)30-31-15-21-55(22-16-31)34-8-6-7-32(27-34)44(59)50-39-13-14-42(58)52-45(39)60/h4-12,27-29,31,33,39H,13-26,30H2,1-3H3,(H,50,59)(H,52,58,60)(H2,48,49,51,53). The fraction of sp³-hybridized carbons (Fsp3) is 0.457. The Hall–Kier alpha value is -5.21. The van der Waals surface area contributed by atoms with Crippen molar-refractivity contribution in [1.82, 2.24) is 30.4 Å². The second-order valence-electron chi connectivity index (χ2n) is 17.4. The molecule has 0 aliphatic carbocycles. The summed E-state index contributed by atoms with van der Waals surface area (Å²) in [4.78, 5) is 55.8. The minimum Gasteiger partial charge on any atom is -0.494 e. The Labute approximate surface area is 374 Å². The minimum absolute atomic E-state index is 0.226. The summed E-state index contributed by atoms with van der Waals surface area (Å²) in [6.07, 6.45) is 6.69. The predicted octanol–water partition coefficient (Wildman–Crippen LogP) is 5.91. The van der Waals surface area contributed by atoms with Gasteiger partial charge in [0.25, 0.3) is 5.91 Å². The summed E-state index contributed by atoms with van der Waals surface area (Å²) in [7, 11) is -0.882. The van der Waals surface area contributed by atoms with Crippen molar-refractivity contribution >= 4 is 76.3 Å². The lowest BCUT2D eigenvalue weighted by atomic mass is 9.94. The number of para-hydroxylation sites is 1. The number of benzene rings is 3. The number of halogens is 1. The van der Waals surface area contributed by atoms with E-state index < -0.39 is 19.1 Å². The maximum absolute atomic E-state index is 13.0. The van der Waals surface area contributed by atoms with Crippen molar-refractivity contribution in [2.24, 2.45) is 5.92 Å². The average molecular weight is 897 g/mol. The van der Waals surface area contributed by atoms with Gasteiger partial charge >= 0.3 is 0 Å². The molecule has 0 bridgehead atoms. The fourth-order valence-corrected chi connectivity index (χ4v) is 10.6. The van der Waals surface area contributed by atoms with Gasteiger partial charge in [0.15, 0.2) is 5.82 Å². The van der Waals surface area contributed by atoms with E-state index in [1.807, 2.05) is 48.5 Å². The van der Waals surface area contributed by atoms with Crippen molar-refractivity contribution in [1.29, 1.82) is 0 Å². The molecular formula is C46H58ClN10O5P. The number of anilines is 6. The zero-order valence-corrected chi connectivity index (χ0v) is 38.0. The van der Waals surface area contributed by atoms with Gasteiger partial charge in [0.2, 0.25) is 17.8 Å². The Morgan fingerprint density at radius 2 is 1.57 bits per heavy atom. The van der Waals surface area contributed by atoms with Crippen LogP contribution in [0.3, 0.4) is 0 Å². The van der Waals surface area contributed by atoms with Gasteiger partial charge in [-0.05, 0) is 107 Å². The van der Waals surface area contributed by atoms with Crippen molar-refractivity contribution in [2.75, 3.05) is 99.8 Å². The van der Waals surface area contributed by atoms with Crippen LogP contribution in [0.4, 0.5) is 34.5 Å². The summed E-state index contributed by atoms with van der Waals surface area (Å²) in [5.74, 6) is 1.06. The first-order chi connectivity index (χ1) is 30.4. The molecule has 4 aromatic rings. The molecule has 15 nitrogen and oxygen atoms in total. The third-order valence-corrected chi connectivity index (χ3v) is 14.6. The average Bonchev–Trinajstić information content (AvgIpc) is 3.29. The first kappa shape index (κ1) is 44.4. The summed E-state index contributed by atoms with van der Waals surface area (Å²) in [6.45, 7) is 12.7. The summed E-state index contributed by atoms with van der Waals surface area (Å²) < 4.78 is 18.8. The third-order valence-electron chi connectivity index (χ3n) is 12.8. The van der Waals surface area contributed by atoms with E-state index in [-0.39, 0.29) is 18.2 Å². The first-order valence-corrected chi connectivity index (χ1v) is 25.0. The fourth-order valence-electron chi connectivity index (χ4n) is 9.26. The van der Waals surface area contributed by atoms with E-state index in [0.29, 0.717) is 52.2 Å². The van der Waals surface area contributed by atoms with Crippen LogP contribution in [0.15, 0.2) is 72.9 Å². The molecule has 3 aromatic carbocycles. The van der Waals surface area contributed by atoms with Crippen molar-refractivity contribution in [3.63, 3.8) is 0 Å². The number of ether oxygens (including phenoxy) is 1. The van der Waals surface area contributed by atoms with Gasteiger partial charge in [-0.3, -0.25) is 24.6 Å². The van der Waals surface area contributed by atoms with Gasteiger partial charge in [-0.15, -0.1) is 0 Å². The van der Waals surface area contributed by atoms with Crippen LogP contribution in [0.1, 0.15) is 48.9 Å². The van der Waals surface area contributed by atoms with Gasteiger partial charge in [-0.1, -0.05) is 29.8 Å². The molecule has 0 spiro atoms. The molecule has 4 aliphatic rings. The van der Waals surface area contributed by atoms with Gasteiger partial charge in [0.1, 0.15) is 24.0 Å². The summed E-state index contributed by atoms with van der Waals surface area (Å²) >= 11 is 6.49. The van der Waals surface area contributed by atoms with Crippen LogP contribution >= 0.6 is 18.7 Å². The number of amides is 3. The van der Waals surface area contributed by atoms with Crippen molar-refractivity contribution in [2.45, 2.75) is 50.6 Å². The van der Waals surface area contributed by atoms with E-state index in [1.165, 1.54) is 19.0 Å². The number of hydrogen-bond acceptors (Lipinski definition) is 13. The SMILES string of the molecule is COc1cc(N2CCN(C3CCN(CC4CCN(c5cccc(C(=O)NC6CCC(=O)NC6=O)c5)CC4)CC3)CC2)ccc1Nc1ncc(Cl)c(Nc2ccccc2P(C)(C)=O)n1. The lowest BCUT2D eigenvalue weighted by molar-refractivity contribution is -0.134. The quantitative estimate of drug-likeness (QED) is 0.0926. The highest BCUT2D eigenvalue weighted by molar-refractivity contribution is 7.70. The molecule has 5 heterocycles. The second-order valence-corrected chi connectivity index (χ2v) is 21.0. The zero-order valence-electron chi connectivity index (χ0n) is 36.3. The molecule has 4 N–H and O–H groups in total. The molecule has 3 amide bonds. The van der Waals surface area contributed by atoms with Gasteiger partial charge in [-0.2, -0.15) is 4.98 Å². The summed E-state index contributed by atoms with van der Waals surface area (Å²) in [5.41, 5.74) is 4.08. The Bertz CT molecular complexity index is 2340. The minimum atomic E-state index is -2.55. The van der Waals surface area contributed by atoms with Crippen molar-refractivity contribution in [3.8, 4) is 5.75 Å². The van der Waals surface area contributed by atoms with Crippen LogP contribution in [0.2, 0.25) is 5.02 Å². The molecule has 8 rings (SSSR count). The molecule has 0 saturated carbocycles. The number of aromatic nitrogens is 2. The zero-order chi connectivity index (χ0) is 44.1. The highest BCUT2D eigenvalue weighted by Crippen LogP contribution is 2.39.